The summed E-state index contributed by atoms with van der Waals surface area (Å²) in [4.78, 5) is 2.34. The van der Waals surface area contributed by atoms with Crippen LogP contribution in [-0.2, 0) is 7.05 Å². The van der Waals surface area contributed by atoms with Crippen molar-refractivity contribution in [3.05, 3.63) is 66.2 Å². The van der Waals surface area contributed by atoms with Crippen molar-refractivity contribution in [2.24, 2.45) is 12.1 Å². The molecule has 0 saturated heterocycles. The van der Waals surface area contributed by atoms with Gasteiger partial charge in [-0.15, -0.1) is 10.2 Å². The van der Waals surface area contributed by atoms with Crippen LogP contribution < -0.4 is 4.90 Å². The van der Waals surface area contributed by atoms with Crippen LogP contribution in [0.4, 0.5) is 5.69 Å². The van der Waals surface area contributed by atoms with E-state index in [1.807, 2.05) is 40.7 Å². The monoisotopic (exact) mass is 457 g/mol. The number of aromatic nitrogens is 5. The largest absolute Gasteiger partial charge is 0.372 e. The van der Waals surface area contributed by atoms with E-state index < -0.39 is 0 Å². The predicted molar refractivity (Wildman–Crippen MR) is 135 cm³/mol. The zero-order valence-corrected chi connectivity index (χ0v) is 20.1. The number of hydrogen-bond acceptors (Lipinski definition) is 6. The summed E-state index contributed by atoms with van der Waals surface area (Å²) >= 11 is 1.67. The quantitative estimate of drug-likeness (QED) is 0.410. The normalized spacial score (nSPS) is 15.3. The van der Waals surface area contributed by atoms with Crippen molar-refractivity contribution in [1.29, 1.82) is 0 Å². The number of anilines is 1. The molecule has 4 aromatic rings. The van der Waals surface area contributed by atoms with Gasteiger partial charge in [-0.1, -0.05) is 54.2 Å². The van der Waals surface area contributed by atoms with Gasteiger partial charge in [-0.2, -0.15) is 14.9 Å². The first-order chi connectivity index (χ1) is 16.1. The van der Waals surface area contributed by atoms with Gasteiger partial charge >= 0.3 is 0 Å². The lowest BCUT2D eigenvalue weighted by molar-refractivity contribution is 0.742. The molecule has 8 heteroatoms. The summed E-state index contributed by atoms with van der Waals surface area (Å²) in [6.07, 6.45) is 0. The minimum atomic E-state index is 0.178. The maximum Gasteiger partial charge on any atom is 0.213 e. The van der Waals surface area contributed by atoms with Gasteiger partial charge in [-0.3, -0.25) is 4.68 Å². The fourth-order valence-corrected chi connectivity index (χ4v) is 5.10. The van der Waals surface area contributed by atoms with Crippen molar-refractivity contribution in [2.75, 3.05) is 18.0 Å². The number of hydrogen-bond donors (Lipinski definition) is 0. The summed E-state index contributed by atoms with van der Waals surface area (Å²) < 4.78 is 3.71. The average Bonchev–Trinajstić information content (AvgIpc) is 3.43. The minimum Gasteiger partial charge on any atom is -0.372 e. The van der Waals surface area contributed by atoms with E-state index in [2.05, 4.69) is 72.3 Å². The Balaban J connectivity index is 1.51. The van der Waals surface area contributed by atoms with Crippen molar-refractivity contribution in [2.45, 2.75) is 31.2 Å². The second kappa shape index (κ2) is 8.86. The van der Waals surface area contributed by atoms with Crippen LogP contribution in [0.5, 0.6) is 0 Å². The molecule has 3 heterocycles. The van der Waals surface area contributed by atoms with Crippen LogP contribution in [0, 0.1) is 0 Å². The van der Waals surface area contributed by atoms with Gasteiger partial charge in [-0.25, -0.2) is 0 Å². The molecule has 0 amide bonds. The lowest BCUT2D eigenvalue weighted by Crippen LogP contribution is -2.23. The Morgan fingerprint density at radius 3 is 2.36 bits per heavy atom. The SMILES string of the molecule is CCN(CC)c1ccc(C2=Nn3c(nnc3-c3cc(-c4ccccc4)n(C)n3)SC2C)cc1. The molecule has 1 atom stereocenters. The fraction of sp³-hybridized carbons (Fsp3) is 0.280. The highest BCUT2D eigenvalue weighted by atomic mass is 32.2. The lowest BCUT2D eigenvalue weighted by Gasteiger charge is -2.23. The molecule has 1 aliphatic heterocycles. The first kappa shape index (κ1) is 21.5. The van der Waals surface area contributed by atoms with Gasteiger partial charge in [0, 0.05) is 25.8 Å². The van der Waals surface area contributed by atoms with Crippen LogP contribution >= 0.6 is 11.8 Å². The van der Waals surface area contributed by atoms with E-state index in [9.17, 15) is 0 Å². The molecular formula is C25H27N7S. The Bertz CT molecular complexity index is 1280. The number of aryl methyl sites for hydroxylation is 1. The van der Waals surface area contributed by atoms with Crippen molar-refractivity contribution in [1.82, 2.24) is 24.7 Å². The Hall–Kier alpha value is -3.39. The van der Waals surface area contributed by atoms with Crippen molar-refractivity contribution in [3.63, 3.8) is 0 Å². The van der Waals surface area contributed by atoms with Gasteiger partial charge in [0.2, 0.25) is 11.0 Å². The number of thioether (sulfide) groups is 1. The highest BCUT2D eigenvalue weighted by Crippen LogP contribution is 2.33. The van der Waals surface area contributed by atoms with E-state index in [1.54, 1.807) is 11.8 Å². The second-order valence-electron chi connectivity index (χ2n) is 7.99. The maximum absolute atomic E-state index is 4.98. The molecule has 2 aromatic heterocycles. The van der Waals surface area contributed by atoms with Crippen molar-refractivity contribution >= 4 is 23.2 Å². The van der Waals surface area contributed by atoms with Crippen LogP contribution in [0.25, 0.3) is 22.8 Å². The molecule has 7 nitrogen and oxygen atoms in total. The molecule has 0 saturated carbocycles. The van der Waals surface area contributed by atoms with Crippen molar-refractivity contribution in [3.8, 4) is 22.8 Å². The Kier molecular flexibility index (Phi) is 5.76. The first-order valence-corrected chi connectivity index (χ1v) is 12.1. The summed E-state index contributed by atoms with van der Waals surface area (Å²) in [7, 11) is 1.95. The van der Waals surface area contributed by atoms with Gasteiger partial charge in [0.1, 0.15) is 5.69 Å². The van der Waals surface area contributed by atoms with Crippen LogP contribution in [0.3, 0.4) is 0 Å². The standard InChI is InChI=1S/C25H27N7S/c1-5-31(6-2)20-14-12-19(13-15-20)23-17(3)33-25-27-26-24(32(25)29-23)21-16-22(30(4)28-21)18-10-8-7-9-11-18/h7-17H,5-6H2,1-4H3. The average molecular weight is 458 g/mol. The van der Waals surface area contributed by atoms with E-state index in [1.165, 1.54) is 5.69 Å². The van der Waals surface area contributed by atoms with Crippen LogP contribution in [0.2, 0.25) is 0 Å². The second-order valence-corrected chi connectivity index (χ2v) is 9.29. The molecule has 0 fully saturated rings. The Morgan fingerprint density at radius 1 is 0.939 bits per heavy atom. The predicted octanol–water partition coefficient (Wildman–Crippen LogP) is 4.94. The van der Waals surface area contributed by atoms with Gasteiger partial charge < -0.3 is 4.90 Å². The Morgan fingerprint density at radius 2 is 1.67 bits per heavy atom. The van der Waals surface area contributed by atoms with Gasteiger partial charge in [0.15, 0.2) is 0 Å². The van der Waals surface area contributed by atoms with E-state index in [-0.39, 0.29) is 5.25 Å². The van der Waals surface area contributed by atoms with E-state index in [0.29, 0.717) is 5.82 Å². The third-order valence-electron chi connectivity index (χ3n) is 5.96. The molecule has 0 spiro atoms. The zero-order chi connectivity index (χ0) is 22.9. The number of nitrogens with zero attached hydrogens (tertiary/aromatic N) is 7. The molecule has 0 aliphatic carbocycles. The van der Waals surface area contributed by atoms with Gasteiger partial charge in [-0.05, 0) is 50.1 Å². The molecule has 0 N–H and O–H groups in total. The molecule has 0 bridgehead atoms. The highest BCUT2D eigenvalue weighted by Gasteiger charge is 2.27. The van der Waals surface area contributed by atoms with E-state index in [0.717, 1.165) is 46.5 Å². The van der Waals surface area contributed by atoms with Crippen LogP contribution in [0.1, 0.15) is 26.3 Å². The molecule has 0 radical (unpaired) electrons. The van der Waals surface area contributed by atoms with Crippen molar-refractivity contribution < 1.29 is 0 Å². The first-order valence-electron chi connectivity index (χ1n) is 11.2. The zero-order valence-electron chi connectivity index (χ0n) is 19.3. The number of rotatable bonds is 6. The van der Waals surface area contributed by atoms with Gasteiger partial charge in [0.05, 0.1) is 16.7 Å². The molecule has 1 aliphatic rings. The fourth-order valence-electron chi connectivity index (χ4n) is 4.17. The van der Waals surface area contributed by atoms with E-state index >= 15 is 0 Å². The summed E-state index contributed by atoms with van der Waals surface area (Å²) in [5, 5.41) is 19.5. The number of fused-ring (bicyclic) bond motifs is 1. The van der Waals surface area contributed by atoms with Gasteiger partial charge in [0.25, 0.3) is 0 Å². The molecular weight excluding hydrogens is 430 g/mol. The third-order valence-corrected chi connectivity index (χ3v) is 7.00. The summed E-state index contributed by atoms with van der Waals surface area (Å²) in [5.74, 6) is 0.652. The molecule has 2 aromatic carbocycles. The molecule has 168 valence electrons. The highest BCUT2D eigenvalue weighted by molar-refractivity contribution is 8.00. The third kappa shape index (κ3) is 3.95. The lowest BCUT2D eigenvalue weighted by atomic mass is 10.1. The van der Waals surface area contributed by atoms with Crippen LogP contribution in [-0.4, -0.2) is 48.7 Å². The minimum absolute atomic E-state index is 0.178. The summed E-state index contributed by atoms with van der Waals surface area (Å²) in [5.41, 5.74) is 6.24. The summed E-state index contributed by atoms with van der Waals surface area (Å²) in [6.45, 7) is 8.50. The Labute approximate surface area is 198 Å². The van der Waals surface area contributed by atoms with E-state index in [4.69, 9.17) is 10.2 Å². The van der Waals surface area contributed by atoms with Crippen LogP contribution in [0.15, 0.2) is 70.9 Å². The topological polar surface area (TPSA) is 64.1 Å². The number of benzene rings is 2. The molecule has 1 unspecified atom stereocenters. The maximum atomic E-state index is 4.98. The molecule has 33 heavy (non-hydrogen) atoms. The summed E-state index contributed by atoms with van der Waals surface area (Å²) in [6, 6.07) is 20.9. The smallest absolute Gasteiger partial charge is 0.213 e. The molecule has 5 rings (SSSR count).